The highest BCUT2D eigenvalue weighted by Crippen LogP contribution is 2.34. The molecule has 3 rings (SSSR count). The van der Waals surface area contributed by atoms with Crippen molar-refractivity contribution in [3.63, 3.8) is 0 Å². The maximum absolute atomic E-state index is 9.20. The van der Waals surface area contributed by atoms with E-state index < -0.39 is 0 Å². The van der Waals surface area contributed by atoms with Crippen LogP contribution in [-0.2, 0) is 0 Å². The van der Waals surface area contributed by atoms with Gasteiger partial charge < -0.3 is 20.5 Å². The normalized spacial score (nSPS) is 10.8. The molecule has 3 N–H and O–H groups in total. The number of rotatable bonds is 6. The van der Waals surface area contributed by atoms with E-state index in [-0.39, 0.29) is 12.5 Å². The van der Waals surface area contributed by atoms with Gasteiger partial charge in [0.1, 0.15) is 17.5 Å². The molecule has 1 aromatic carbocycles. The van der Waals surface area contributed by atoms with E-state index in [1.807, 2.05) is 49.1 Å². The molecule has 7 nitrogen and oxygen atoms in total. The minimum absolute atomic E-state index is 0.0139. The maximum Gasteiger partial charge on any atom is 0.248 e. The topological polar surface area (TPSA) is 97.4 Å². The fraction of sp³-hybridized carbons (Fsp3) is 0.278. The third kappa shape index (κ3) is 3.46. The van der Waals surface area contributed by atoms with Crippen molar-refractivity contribution in [1.82, 2.24) is 15.0 Å². The van der Waals surface area contributed by atoms with Crippen molar-refractivity contribution in [1.29, 1.82) is 0 Å². The first-order chi connectivity index (χ1) is 12.1. The van der Waals surface area contributed by atoms with Gasteiger partial charge in [-0.15, -0.1) is 0 Å². The number of ether oxygens (including phenoxy) is 1. The van der Waals surface area contributed by atoms with E-state index in [1.54, 1.807) is 0 Å². The number of pyridine rings is 1. The number of aliphatic hydroxyl groups excluding tert-OH is 1. The van der Waals surface area contributed by atoms with Gasteiger partial charge in [0, 0.05) is 24.2 Å². The van der Waals surface area contributed by atoms with Crippen molar-refractivity contribution < 1.29 is 9.84 Å². The molecule has 0 saturated heterocycles. The van der Waals surface area contributed by atoms with Crippen LogP contribution in [0.5, 0.6) is 11.6 Å². The molecule has 0 radical (unpaired) electrons. The zero-order valence-electron chi connectivity index (χ0n) is 14.3. The molecule has 130 valence electrons. The SMILES string of the molecule is CCN(CCO)c1ncnc(Oc2cccc3ccc(C)nc23)c1N. The van der Waals surface area contributed by atoms with Gasteiger partial charge in [0.05, 0.1) is 6.61 Å². The van der Waals surface area contributed by atoms with E-state index in [0.29, 0.717) is 30.3 Å². The van der Waals surface area contributed by atoms with Gasteiger partial charge in [0.2, 0.25) is 5.88 Å². The minimum Gasteiger partial charge on any atom is -0.435 e. The van der Waals surface area contributed by atoms with Crippen LogP contribution in [0.25, 0.3) is 10.9 Å². The van der Waals surface area contributed by atoms with E-state index in [1.165, 1.54) is 6.33 Å². The first-order valence-corrected chi connectivity index (χ1v) is 8.14. The molecule has 0 aliphatic carbocycles. The van der Waals surface area contributed by atoms with Crippen LogP contribution in [-0.4, -0.2) is 39.8 Å². The lowest BCUT2D eigenvalue weighted by Gasteiger charge is -2.22. The highest BCUT2D eigenvalue weighted by molar-refractivity contribution is 5.85. The van der Waals surface area contributed by atoms with E-state index >= 15 is 0 Å². The number of aromatic nitrogens is 3. The van der Waals surface area contributed by atoms with Crippen molar-refractivity contribution in [3.05, 3.63) is 42.4 Å². The quantitative estimate of drug-likeness (QED) is 0.712. The molecule has 3 aromatic rings. The predicted octanol–water partition coefficient (Wildman–Crippen LogP) is 2.53. The number of likely N-dealkylation sites (N-methyl/N-ethyl adjacent to an activating group) is 1. The van der Waals surface area contributed by atoms with Crippen molar-refractivity contribution in [2.24, 2.45) is 0 Å². The fourth-order valence-corrected chi connectivity index (χ4v) is 2.64. The molecule has 7 heteroatoms. The van der Waals surface area contributed by atoms with Gasteiger partial charge in [-0.05, 0) is 26.0 Å². The Bertz CT molecular complexity index is 884. The van der Waals surface area contributed by atoms with Gasteiger partial charge in [-0.25, -0.2) is 9.97 Å². The summed E-state index contributed by atoms with van der Waals surface area (Å²) in [5, 5.41) is 10.2. The van der Waals surface area contributed by atoms with Gasteiger partial charge in [0.25, 0.3) is 0 Å². The first-order valence-electron chi connectivity index (χ1n) is 8.14. The number of aliphatic hydroxyl groups is 1. The zero-order chi connectivity index (χ0) is 17.8. The molecule has 0 spiro atoms. The molecule has 0 amide bonds. The fourth-order valence-electron chi connectivity index (χ4n) is 2.64. The number of nitrogens with zero attached hydrogens (tertiary/aromatic N) is 4. The summed E-state index contributed by atoms with van der Waals surface area (Å²) < 4.78 is 5.96. The smallest absolute Gasteiger partial charge is 0.248 e. The third-order valence-electron chi connectivity index (χ3n) is 3.91. The lowest BCUT2D eigenvalue weighted by Crippen LogP contribution is -2.28. The number of nitrogens with two attached hydrogens (primary N) is 1. The number of aryl methyl sites for hydroxylation is 1. The highest BCUT2D eigenvalue weighted by Gasteiger charge is 2.16. The summed E-state index contributed by atoms with van der Waals surface area (Å²) >= 11 is 0. The molecule has 25 heavy (non-hydrogen) atoms. The second-order valence-corrected chi connectivity index (χ2v) is 5.60. The van der Waals surface area contributed by atoms with Crippen LogP contribution in [0.3, 0.4) is 0 Å². The summed E-state index contributed by atoms with van der Waals surface area (Å²) in [6.45, 7) is 5.01. The number of para-hydroxylation sites is 1. The molecule has 0 saturated carbocycles. The highest BCUT2D eigenvalue weighted by atomic mass is 16.5. The minimum atomic E-state index is 0.0139. The molecule has 0 aliphatic rings. The van der Waals surface area contributed by atoms with E-state index in [4.69, 9.17) is 10.5 Å². The molecule has 0 bridgehead atoms. The Hall–Kier alpha value is -2.93. The van der Waals surface area contributed by atoms with Gasteiger partial charge in [-0.3, -0.25) is 0 Å². The van der Waals surface area contributed by atoms with Crippen molar-refractivity contribution in [2.45, 2.75) is 13.8 Å². The average molecular weight is 339 g/mol. The number of hydrogen-bond donors (Lipinski definition) is 2. The Balaban J connectivity index is 2.00. The Labute approximate surface area is 146 Å². The summed E-state index contributed by atoms with van der Waals surface area (Å²) in [4.78, 5) is 14.8. The van der Waals surface area contributed by atoms with Gasteiger partial charge in [0.15, 0.2) is 11.6 Å². The van der Waals surface area contributed by atoms with Crippen LogP contribution in [0.4, 0.5) is 11.5 Å². The number of nitrogen functional groups attached to an aromatic ring is 1. The van der Waals surface area contributed by atoms with E-state index in [9.17, 15) is 5.11 Å². The molecule has 0 atom stereocenters. The Morgan fingerprint density at radius 1 is 1.20 bits per heavy atom. The van der Waals surface area contributed by atoms with Crippen LogP contribution < -0.4 is 15.4 Å². The van der Waals surface area contributed by atoms with Crippen LogP contribution in [0.1, 0.15) is 12.6 Å². The van der Waals surface area contributed by atoms with Crippen LogP contribution >= 0.6 is 0 Å². The molecule has 0 unspecified atom stereocenters. The molecule has 2 heterocycles. The number of anilines is 2. The van der Waals surface area contributed by atoms with Crippen molar-refractivity contribution in [2.75, 3.05) is 30.3 Å². The molecule has 0 aliphatic heterocycles. The van der Waals surface area contributed by atoms with Crippen LogP contribution in [0, 0.1) is 6.92 Å². The molecule has 0 fully saturated rings. The van der Waals surface area contributed by atoms with E-state index in [0.717, 1.165) is 16.6 Å². The van der Waals surface area contributed by atoms with Crippen molar-refractivity contribution in [3.8, 4) is 11.6 Å². The third-order valence-corrected chi connectivity index (χ3v) is 3.91. The summed E-state index contributed by atoms with van der Waals surface area (Å²) in [7, 11) is 0. The number of benzene rings is 1. The average Bonchev–Trinajstić information content (AvgIpc) is 2.62. The number of hydrogen-bond acceptors (Lipinski definition) is 7. The van der Waals surface area contributed by atoms with E-state index in [2.05, 4.69) is 15.0 Å². The second kappa shape index (κ2) is 7.31. The summed E-state index contributed by atoms with van der Waals surface area (Å²) in [5.41, 5.74) is 8.21. The monoisotopic (exact) mass is 339 g/mol. The standard InChI is InChI=1S/C18H21N5O2/c1-3-23(9-10-24)17-15(19)18(21-11-20-17)25-14-6-4-5-13-8-7-12(2)22-16(13)14/h4-8,11,24H,3,9-10,19H2,1-2H3. The van der Waals surface area contributed by atoms with Crippen molar-refractivity contribution >= 4 is 22.4 Å². The lowest BCUT2D eigenvalue weighted by molar-refractivity contribution is 0.302. The van der Waals surface area contributed by atoms with Crippen LogP contribution in [0.2, 0.25) is 0 Å². The number of fused-ring (bicyclic) bond motifs is 1. The Morgan fingerprint density at radius 2 is 2.04 bits per heavy atom. The molecular weight excluding hydrogens is 318 g/mol. The lowest BCUT2D eigenvalue weighted by atomic mass is 10.2. The summed E-state index contributed by atoms with van der Waals surface area (Å²) in [6.07, 6.45) is 1.41. The second-order valence-electron chi connectivity index (χ2n) is 5.60. The molecular formula is C18H21N5O2. The summed E-state index contributed by atoms with van der Waals surface area (Å²) in [6, 6.07) is 9.67. The molecule has 2 aromatic heterocycles. The van der Waals surface area contributed by atoms with Gasteiger partial charge in [-0.2, -0.15) is 4.98 Å². The Kier molecular flexibility index (Phi) is 4.95. The summed E-state index contributed by atoms with van der Waals surface area (Å²) in [5.74, 6) is 1.41. The first kappa shape index (κ1) is 16.9. The largest absolute Gasteiger partial charge is 0.435 e. The Morgan fingerprint density at radius 3 is 2.80 bits per heavy atom. The predicted molar refractivity (Wildman–Crippen MR) is 98.0 cm³/mol. The van der Waals surface area contributed by atoms with Gasteiger partial charge in [-0.1, -0.05) is 18.2 Å². The maximum atomic E-state index is 9.20. The van der Waals surface area contributed by atoms with Crippen LogP contribution in [0.15, 0.2) is 36.7 Å². The zero-order valence-corrected chi connectivity index (χ0v) is 14.3. The van der Waals surface area contributed by atoms with Gasteiger partial charge >= 0.3 is 0 Å².